The van der Waals surface area contributed by atoms with E-state index in [1.165, 1.54) is 11.3 Å². The number of benzene rings is 2. The summed E-state index contributed by atoms with van der Waals surface area (Å²) in [5.41, 5.74) is 5.44. The predicted molar refractivity (Wildman–Crippen MR) is 108 cm³/mol. The van der Waals surface area contributed by atoms with Crippen LogP contribution in [0.4, 0.5) is 14.5 Å². The van der Waals surface area contributed by atoms with Crippen molar-refractivity contribution in [2.45, 2.75) is 6.92 Å². The lowest BCUT2D eigenvalue weighted by Gasteiger charge is -2.10. The number of nitrogens with one attached hydrogen (secondary N) is 1. The van der Waals surface area contributed by atoms with Gasteiger partial charge in [-0.25, -0.2) is 8.78 Å². The lowest BCUT2D eigenvalue weighted by molar-refractivity contribution is 0.101. The Morgan fingerprint density at radius 3 is 2.34 bits per heavy atom. The molecule has 5 nitrogen and oxygen atoms in total. The van der Waals surface area contributed by atoms with Crippen molar-refractivity contribution < 1.29 is 13.6 Å². The number of hydrogen-bond donors (Lipinski definition) is 1. The van der Waals surface area contributed by atoms with Gasteiger partial charge in [-0.15, -0.1) is 10.2 Å². The molecule has 2 heterocycles. The second kappa shape index (κ2) is 7.84. The number of nitrogens with zero attached hydrogens (tertiary/aromatic N) is 3. The third-order valence-corrected chi connectivity index (χ3v) is 5.12. The van der Waals surface area contributed by atoms with E-state index in [1.54, 1.807) is 17.6 Å². The summed E-state index contributed by atoms with van der Waals surface area (Å²) in [7, 11) is 0. The van der Waals surface area contributed by atoms with Crippen LogP contribution in [0.5, 0.6) is 0 Å². The number of pyridine rings is 1. The van der Waals surface area contributed by atoms with Crippen LogP contribution in [-0.4, -0.2) is 21.1 Å². The van der Waals surface area contributed by atoms with Gasteiger partial charge in [-0.2, -0.15) is 0 Å². The first-order valence-corrected chi connectivity index (χ1v) is 9.49. The number of carbonyl (C=O) groups is 1. The highest BCUT2D eigenvalue weighted by atomic mass is 32.1. The average molecular weight is 408 g/mol. The van der Waals surface area contributed by atoms with E-state index in [2.05, 4.69) is 20.5 Å². The fourth-order valence-electron chi connectivity index (χ4n) is 2.92. The molecule has 0 bridgehead atoms. The number of hydrogen-bond acceptors (Lipinski definition) is 5. The van der Waals surface area contributed by atoms with Gasteiger partial charge in [0.25, 0.3) is 5.91 Å². The normalized spacial score (nSPS) is 10.7. The van der Waals surface area contributed by atoms with E-state index in [4.69, 9.17) is 0 Å². The first-order chi connectivity index (χ1) is 14.0. The number of rotatable bonds is 4. The van der Waals surface area contributed by atoms with E-state index < -0.39 is 23.1 Å². The molecule has 1 amide bonds. The summed E-state index contributed by atoms with van der Waals surface area (Å²) in [5, 5.41) is 11.3. The molecule has 2 aromatic heterocycles. The third-order valence-electron chi connectivity index (χ3n) is 4.38. The van der Waals surface area contributed by atoms with Gasteiger partial charge in [0.05, 0.1) is 12.4 Å². The lowest BCUT2D eigenvalue weighted by Crippen LogP contribution is -2.16. The molecule has 0 spiro atoms. The second-order valence-corrected chi connectivity index (χ2v) is 7.12. The summed E-state index contributed by atoms with van der Waals surface area (Å²) in [5.74, 6) is -2.89. The van der Waals surface area contributed by atoms with Crippen LogP contribution in [0.15, 0.2) is 60.4 Å². The molecule has 144 valence electrons. The van der Waals surface area contributed by atoms with Crippen LogP contribution in [0.2, 0.25) is 0 Å². The van der Waals surface area contributed by atoms with Crippen molar-refractivity contribution in [2.75, 3.05) is 5.32 Å². The van der Waals surface area contributed by atoms with Gasteiger partial charge in [-0.05, 0) is 41.8 Å². The first kappa shape index (κ1) is 18.8. The summed E-state index contributed by atoms with van der Waals surface area (Å²) in [6.07, 6.45) is 1.60. The number of aromatic nitrogens is 3. The molecule has 4 rings (SSSR count). The number of anilines is 1. The molecule has 0 aliphatic rings. The molecule has 0 radical (unpaired) electrons. The molecular weight excluding hydrogens is 394 g/mol. The van der Waals surface area contributed by atoms with Crippen molar-refractivity contribution in [3.63, 3.8) is 0 Å². The zero-order valence-corrected chi connectivity index (χ0v) is 16.0. The van der Waals surface area contributed by atoms with Crippen LogP contribution in [0, 0.1) is 18.6 Å². The first-order valence-electron chi connectivity index (χ1n) is 8.61. The van der Waals surface area contributed by atoms with Crippen molar-refractivity contribution in [1.29, 1.82) is 0 Å². The van der Waals surface area contributed by atoms with Crippen LogP contribution in [-0.2, 0) is 0 Å². The fourth-order valence-corrected chi connectivity index (χ4v) is 3.47. The topological polar surface area (TPSA) is 67.8 Å². The van der Waals surface area contributed by atoms with E-state index in [0.717, 1.165) is 39.7 Å². The van der Waals surface area contributed by atoms with Crippen molar-refractivity contribution in [3.05, 3.63) is 83.1 Å². The molecule has 0 fully saturated rings. The Labute approximate surface area is 169 Å². The maximum atomic E-state index is 13.7. The maximum absolute atomic E-state index is 13.7. The second-order valence-electron chi connectivity index (χ2n) is 6.28. The Morgan fingerprint density at radius 1 is 1.00 bits per heavy atom. The number of aryl methyl sites for hydroxylation is 1. The summed E-state index contributed by atoms with van der Waals surface area (Å²) in [4.78, 5) is 15.6. The molecule has 8 heteroatoms. The molecule has 0 saturated heterocycles. The van der Waals surface area contributed by atoms with Gasteiger partial charge in [-0.3, -0.25) is 9.78 Å². The Kier molecular flexibility index (Phi) is 5.09. The molecule has 2 aromatic carbocycles. The molecule has 0 unspecified atom stereocenters. The Bertz CT molecular complexity index is 1160. The van der Waals surface area contributed by atoms with Crippen LogP contribution in [0.3, 0.4) is 0 Å². The largest absolute Gasteiger partial charge is 0.322 e. The van der Waals surface area contributed by atoms with Crippen molar-refractivity contribution in [2.24, 2.45) is 0 Å². The lowest BCUT2D eigenvalue weighted by atomic mass is 9.98. The average Bonchev–Trinajstić information content (AvgIpc) is 3.24. The summed E-state index contributed by atoms with van der Waals surface area (Å²) in [6, 6.07) is 13.1. The molecule has 0 atom stereocenters. The maximum Gasteiger partial charge on any atom is 0.261 e. The molecule has 4 aromatic rings. The zero-order valence-electron chi connectivity index (χ0n) is 15.2. The predicted octanol–water partition coefficient (Wildman–Crippen LogP) is 5.11. The van der Waals surface area contributed by atoms with E-state index >= 15 is 0 Å². The smallest absolute Gasteiger partial charge is 0.261 e. The van der Waals surface area contributed by atoms with Crippen molar-refractivity contribution in [1.82, 2.24) is 15.2 Å². The van der Waals surface area contributed by atoms with Crippen LogP contribution >= 0.6 is 11.3 Å². The van der Waals surface area contributed by atoms with Gasteiger partial charge < -0.3 is 5.32 Å². The number of halogens is 2. The van der Waals surface area contributed by atoms with Gasteiger partial charge in [-0.1, -0.05) is 35.6 Å². The van der Waals surface area contributed by atoms with Crippen molar-refractivity contribution >= 4 is 22.9 Å². The van der Waals surface area contributed by atoms with Crippen LogP contribution in [0.1, 0.15) is 15.9 Å². The van der Waals surface area contributed by atoms with Gasteiger partial charge in [0.15, 0.2) is 11.6 Å². The molecule has 29 heavy (non-hydrogen) atoms. The van der Waals surface area contributed by atoms with Gasteiger partial charge in [0, 0.05) is 11.3 Å². The number of amides is 1. The minimum atomic E-state index is -1.01. The van der Waals surface area contributed by atoms with Gasteiger partial charge in [0.2, 0.25) is 0 Å². The molecule has 0 aliphatic carbocycles. The summed E-state index contributed by atoms with van der Waals surface area (Å²) in [6.45, 7) is 2.00. The monoisotopic (exact) mass is 408 g/mol. The van der Waals surface area contributed by atoms with E-state index in [0.29, 0.717) is 5.69 Å². The third kappa shape index (κ3) is 3.88. The molecule has 1 N–H and O–H groups in total. The number of carbonyl (C=O) groups excluding carboxylic acids is 1. The Hall–Kier alpha value is -3.52. The van der Waals surface area contributed by atoms with Crippen molar-refractivity contribution in [3.8, 4) is 21.7 Å². The summed E-state index contributed by atoms with van der Waals surface area (Å²) >= 11 is 1.46. The molecule has 0 aliphatic heterocycles. The van der Waals surface area contributed by atoms with E-state index in [-0.39, 0.29) is 0 Å². The summed E-state index contributed by atoms with van der Waals surface area (Å²) < 4.78 is 27.4. The quantitative estimate of drug-likeness (QED) is 0.510. The minimum absolute atomic E-state index is 0.423. The highest BCUT2D eigenvalue weighted by Crippen LogP contribution is 2.30. The SMILES string of the molecule is Cc1ccc(-c2nncs2)cc1-c1ccc(NC(=O)c2c(F)cncc2F)cc1. The van der Waals surface area contributed by atoms with Gasteiger partial charge in [0.1, 0.15) is 16.1 Å². The van der Waals surface area contributed by atoms with E-state index in [1.807, 2.05) is 37.3 Å². The minimum Gasteiger partial charge on any atom is -0.322 e. The Balaban J connectivity index is 1.59. The Morgan fingerprint density at radius 2 is 1.69 bits per heavy atom. The van der Waals surface area contributed by atoms with E-state index in [9.17, 15) is 13.6 Å². The zero-order chi connectivity index (χ0) is 20.4. The highest BCUT2D eigenvalue weighted by Gasteiger charge is 2.18. The van der Waals surface area contributed by atoms with Crippen LogP contribution in [0.25, 0.3) is 21.7 Å². The van der Waals surface area contributed by atoms with Gasteiger partial charge >= 0.3 is 0 Å². The standard InChI is InChI=1S/C21H14F2N4OS/c1-12-2-3-14(21-27-25-11-29-21)8-16(12)13-4-6-15(7-5-13)26-20(28)19-17(22)9-24-10-18(19)23/h2-11H,1H3,(H,26,28). The fraction of sp³-hybridized carbons (Fsp3) is 0.0476. The molecule has 0 saturated carbocycles. The molecular formula is C21H14F2N4OS. The highest BCUT2D eigenvalue weighted by molar-refractivity contribution is 7.12. The van der Waals surface area contributed by atoms with Crippen LogP contribution < -0.4 is 5.32 Å².